The molecule has 106 valence electrons. The van der Waals surface area contributed by atoms with Gasteiger partial charge in [0.25, 0.3) is 0 Å². The van der Waals surface area contributed by atoms with Gasteiger partial charge in [-0.1, -0.05) is 32.0 Å². The van der Waals surface area contributed by atoms with E-state index in [2.05, 4.69) is 24.2 Å². The fourth-order valence-electron chi connectivity index (χ4n) is 1.53. The molecule has 1 aromatic rings. The van der Waals surface area contributed by atoms with E-state index in [9.17, 15) is 0 Å². The molecule has 0 spiro atoms. The van der Waals surface area contributed by atoms with Crippen molar-refractivity contribution in [3.63, 3.8) is 0 Å². The first-order valence-corrected chi connectivity index (χ1v) is 6.75. The number of guanidine groups is 1. The molecule has 0 amide bonds. The van der Waals surface area contributed by atoms with Gasteiger partial charge in [0.05, 0.1) is 6.54 Å². The summed E-state index contributed by atoms with van der Waals surface area (Å²) < 4.78 is 5.85. The molecule has 0 saturated heterocycles. The number of rotatable bonds is 6. The Balaban J connectivity index is 2.38. The van der Waals surface area contributed by atoms with Gasteiger partial charge in [0.1, 0.15) is 11.9 Å². The molecule has 4 nitrogen and oxygen atoms in total. The highest BCUT2D eigenvalue weighted by molar-refractivity contribution is 5.77. The van der Waals surface area contributed by atoms with Crippen molar-refractivity contribution < 1.29 is 4.74 Å². The number of ether oxygens (including phenoxy) is 1. The molecule has 0 aliphatic rings. The average Bonchev–Trinajstić information content (AvgIpc) is 2.36. The van der Waals surface area contributed by atoms with Crippen LogP contribution in [-0.4, -0.2) is 25.2 Å². The predicted molar refractivity (Wildman–Crippen MR) is 80.6 cm³/mol. The van der Waals surface area contributed by atoms with E-state index in [1.807, 2.05) is 38.1 Å². The van der Waals surface area contributed by atoms with Crippen LogP contribution in [0.1, 0.15) is 26.3 Å². The van der Waals surface area contributed by atoms with Crippen LogP contribution in [0.25, 0.3) is 0 Å². The molecule has 0 heterocycles. The van der Waals surface area contributed by atoms with Crippen LogP contribution in [0.15, 0.2) is 29.3 Å². The molecule has 0 fully saturated rings. The maximum atomic E-state index is 5.85. The van der Waals surface area contributed by atoms with Crippen LogP contribution in [0.3, 0.4) is 0 Å². The molecule has 0 aromatic heterocycles. The van der Waals surface area contributed by atoms with Crippen molar-refractivity contribution in [1.82, 2.24) is 5.32 Å². The van der Waals surface area contributed by atoms with E-state index in [0.29, 0.717) is 18.4 Å². The normalized spacial score (nSPS) is 13.4. The van der Waals surface area contributed by atoms with Crippen LogP contribution < -0.4 is 15.8 Å². The third-order valence-corrected chi connectivity index (χ3v) is 2.62. The van der Waals surface area contributed by atoms with E-state index in [1.54, 1.807) is 0 Å². The monoisotopic (exact) mass is 263 g/mol. The van der Waals surface area contributed by atoms with Crippen LogP contribution in [0.5, 0.6) is 5.75 Å². The third-order valence-electron chi connectivity index (χ3n) is 2.62. The first-order chi connectivity index (χ1) is 8.99. The molecule has 0 bridgehead atoms. The van der Waals surface area contributed by atoms with Gasteiger partial charge in [-0.2, -0.15) is 0 Å². The molecule has 4 heteroatoms. The average molecular weight is 263 g/mol. The zero-order valence-corrected chi connectivity index (χ0v) is 12.3. The van der Waals surface area contributed by atoms with E-state index in [-0.39, 0.29) is 6.10 Å². The molecule has 1 unspecified atom stereocenters. The minimum atomic E-state index is 0.0360. The smallest absolute Gasteiger partial charge is 0.188 e. The molecule has 19 heavy (non-hydrogen) atoms. The van der Waals surface area contributed by atoms with Crippen molar-refractivity contribution in [3.8, 4) is 5.75 Å². The van der Waals surface area contributed by atoms with Gasteiger partial charge in [-0.15, -0.1) is 0 Å². The van der Waals surface area contributed by atoms with Gasteiger partial charge >= 0.3 is 0 Å². The molecule has 1 aromatic carbocycles. The summed E-state index contributed by atoms with van der Waals surface area (Å²) in [5.74, 6) is 1.91. The minimum absolute atomic E-state index is 0.0360. The Labute approximate surface area is 116 Å². The Hall–Kier alpha value is -1.71. The summed E-state index contributed by atoms with van der Waals surface area (Å²) >= 11 is 0. The second-order valence-corrected chi connectivity index (χ2v) is 5.19. The van der Waals surface area contributed by atoms with Gasteiger partial charge in [-0.05, 0) is 31.4 Å². The van der Waals surface area contributed by atoms with Crippen molar-refractivity contribution in [2.75, 3.05) is 13.1 Å². The van der Waals surface area contributed by atoms with E-state index in [1.165, 1.54) is 0 Å². The standard InChI is InChI=1S/C15H25N3O/c1-11(2)9-17-15(16)18-10-13(4)19-14-8-6-5-7-12(14)3/h5-8,11,13H,9-10H2,1-4H3,(H3,16,17,18). The van der Waals surface area contributed by atoms with Crippen molar-refractivity contribution in [3.05, 3.63) is 29.8 Å². The number of nitrogens with two attached hydrogens (primary N) is 1. The molecule has 1 rings (SSSR count). The summed E-state index contributed by atoms with van der Waals surface area (Å²) in [6.07, 6.45) is 0.0360. The first kappa shape index (κ1) is 15.3. The molecular weight excluding hydrogens is 238 g/mol. The quantitative estimate of drug-likeness (QED) is 0.611. The number of hydrogen-bond acceptors (Lipinski definition) is 2. The highest BCUT2D eigenvalue weighted by Crippen LogP contribution is 2.17. The summed E-state index contributed by atoms with van der Waals surface area (Å²) in [4.78, 5) is 4.25. The molecule has 1 atom stereocenters. The van der Waals surface area contributed by atoms with Gasteiger partial charge in [0.15, 0.2) is 5.96 Å². The van der Waals surface area contributed by atoms with E-state index >= 15 is 0 Å². The van der Waals surface area contributed by atoms with Crippen molar-refractivity contribution in [1.29, 1.82) is 0 Å². The lowest BCUT2D eigenvalue weighted by molar-refractivity contribution is 0.222. The lowest BCUT2D eigenvalue weighted by Crippen LogP contribution is -2.38. The van der Waals surface area contributed by atoms with Gasteiger partial charge in [-0.3, -0.25) is 4.99 Å². The second kappa shape index (κ2) is 7.67. The highest BCUT2D eigenvalue weighted by atomic mass is 16.5. The summed E-state index contributed by atoms with van der Waals surface area (Å²) in [7, 11) is 0. The van der Waals surface area contributed by atoms with Gasteiger partial charge in [0.2, 0.25) is 0 Å². The lowest BCUT2D eigenvalue weighted by atomic mass is 10.2. The fourth-order valence-corrected chi connectivity index (χ4v) is 1.53. The number of para-hydroxylation sites is 1. The molecule has 0 aliphatic heterocycles. The van der Waals surface area contributed by atoms with Crippen LogP contribution >= 0.6 is 0 Å². The molecule has 0 radical (unpaired) electrons. The molecule has 3 N–H and O–H groups in total. The summed E-state index contributed by atoms with van der Waals surface area (Å²) in [6, 6.07) is 7.98. The Morgan fingerprint density at radius 2 is 2.00 bits per heavy atom. The summed E-state index contributed by atoms with van der Waals surface area (Å²) in [5.41, 5.74) is 6.91. The summed E-state index contributed by atoms with van der Waals surface area (Å²) in [5, 5.41) is 3.08. The van der Waals surface area contributed by atoms with Crippen molar-refractivity contribution in [2.24, 2.45) is 16.6 Å². The SMILES string of the molecule is Cc1ccccc1OC(C)CNC(N)=NCC(C)C. The Morgan fingerprint density at radius 1 is 1.32 bits per heavy atom. The molecular formula is C15H25N3O. The van der Waals surface area contributed by atoms with Gasteiger partial charge in [-0.25, -0.2) is 0 Å². The predicted octanol–water partition coefficient (Wildman–Crippen LogP) is 2.32. The number of hydrogen-bond donors (Lipinski definition) is 2. The number of nitrogens with zero attached hydrogens (tertiary/aromatic N) is 1. The zero-order chi connectivity index (χ0) is 14.3. The maximum absolute atomic E-state index is 5.85. The highest BCUT2D eigenvalue weighted by Gasteiger charge is 2.06. The fraction of sp³-hybridized carbons (Fsp3) is 0.533. The van der Waals surface area contributed by atoms with Crippen LogP contribution in [0.2, 0.25) is 0 Å². The molecule has 0 saturated carbocycles. The van der Waals surface area contributed by atoms with E-state index in [0.717, 1.165) is 17.9 Å². The van der Waals surface area contributed by atoms with Gasteiger partial charge in [0, 0.05) is 6.54 Å². The second-order valence-electron chi connectivity index (χ2n) is 5.19. The number of nitrogens with one attached hydrogen (secondary N) is 1. The topological polar surface area (TPSA) is 59.6 Å². The number of aliphatic imine (C=N–C) groups is 1. The third kappa shape index (κ3) is 6.13. The Bertz CT molecular complexity index is 416. The van der Waals surface area contributed by atoms with E-state index < -0.39 is 0 Å². The maximum Gasteiger partial charge on any atom is 0.188 e. The molecule has 0 aliphatic carbocycles. The Morgan fingerprint density at radius 3 is 2.63 bits per heavy atom. The van der Waals surface area contributed by atoms with Gasteiger partial charge < -0.3 is 15.8 Å². The summed E-state index contributed by atoms with van der Waals surface area (Å²) in [6.45, 7) is 9.65. The number of aryl methyl sites for hydroxylation is 1. The van der Waals surface area contributed by atoms with Crippen molar-refractivity contribution >= 4 is 5.96 Å². The van der Waals surface area contributed by atoms with Crippen LogP contribution in [0.4, 0.5) is 0 Å². The van der Waals surface area contributed by atoms with Crippen molar-refractivity contribution in [2.45, 2.75) is 33.8 Å². The minimum Gasteiger partial charge on any atom is -0.489 e. The largest absolute Gasteiger partial charge is 0.489 e. The zero-order valence-electron chi connectivity index (χ0n) is 12.3. The van der Waals surface area contributed by atoms with Crippen LogP contribution in [-0.2, 0) is 0 Å². The lowest BCUT2D eigenvalue weighted by Gasteiger charge is -2.17. The van der Waals surface area contributed by atoms with E-state index in [4.69, 9.17) is 10.5 Å². The number of benzene rings is 1. The Kier molecular flexibility index (Phi) is 6.19. The van der Waals surface area contributed by atoms with Crippen LogP contribution in [0, 0.1) is 12.8 Å². The first-order valence-electron chi connectivity index (χ1n) is 6.75.